The highest BCUT2D eigenvalue weighted by Crippen LogP contribution is 2.32. The number of allylic oxidation sites excluding steroid dienone is 4. The number of hydrogen-bond acceptors (Lipinski definition) is 10. The van der Waals surface area contributed by atoms with Crippen LogP contribution >= 0.6 is 0 Å². The van der Waals surface area contributed by atoms with Crippen LogP contribution in [0.25, 0.3) is 0 Å². The zero-order valence-corrected chi connectivity index (χ0v) is 21.9. The number of esters is 4. The van der Waals surface area contributed by atoms with E-state index in [0.717, 1.165) is 0 Å². The Hall–Kier alpha value is -3.24. The van der Waals surface area contributed by atoms with Gasteiger partial charge in [-0.3, -0.25) is 0 Å². The lowest BCUT2D eigenvalue weighted by atomic mass is 9.84. The van der Waals surface area contributed by atoms with Gasteiger partial charge in [-0.05, 0) is 55.4 Å². The molecule has 0 aromatic heterocycles. The second-order valence-electron chi connectivity index (χ2n) is 8.35. The number of hydrogen-bond donors (Lipinski definition) is 2. The number of aliphatic hydroxyl groups is 2. The maximum Gasteiger partial charge on any atom is 0.333 e. The molecular formula is C26H36O10. The van der Waals surface area contributed by atoms with Gasteiger partial charge in [0.2, 0.25) is 0 Å². The van der Waals surface area contributed by atoms with E-state index in [1.54, 1.807) is 27.7 Å². The summed E-state index contributed by atoms with van der Waals surface area (Å²) in [4.78, 5) is 50.3. The largest absolute Gasteiger partial charge is 0.453 e. The van der Waals surface area contributed by atoms with E-state index in [9.17, 15) is 29.4 Å². The minimum absolute atomic E-state index is 0.180. The van der Waals surface area contributed by atoms with Gasteiger partial charge in [-0.1, -0.05) is 24.3 Å². The molecule has 1 fully saturated rings. The fraction of sp³-hybridized carbons (Fsp3) is 0.538. The first kappa shape index (κ1) is 30.8. The first-order chi connectivity index (χ1) is 16.8. The zero-order chi connectivity index (χ0) is 27.7. The summed E-state index contributed by atoms with van der Waals surface area (Å²) in [7, 11) is 0. The van der Waals surface area contributed by atoms with Crippen molar-refractivity contribution in [2.45, 2.75) is 92.0 Å². The minimum atomic E-state index is -1.83. The van der Waals surface area contributed by atoms with Crippen LogP contribution in [0.4, 0.5) is 0 Å². The molecule has 0 radical (unpaired) electrons. The molecule has 0 bridgehead atoms. The van der Waals surface area contributed by atoms with Gasteiger partial charge in [0.25, 0.3) is 0 Å². The predicted octanol–water partition coefficient (Wildman–Crippen LogP) is 2.23. The van der Waals surface area contributed by atoms with Crippen LogP contribution in [0, 0.1) is 0 Å². The molecule has 0 aromatic carbocycles. The van der Waals surface area contributed by atoms with E-state index in [4.69, 9.17) is 18.9 Å². The molecular weight excluding hydrogens is 472 g/mol. The molecule has 1 rings (SSSR count). The average molecular weight is 509 g/mol. The van der Waals surface area contributed by atoms with E-state index >= 15 is 0 Å². The van der Waals surface area contributed by atoms with Gasteiger partial charge in [0.15, 0.2) is 24.4 Å². The monoisotopic (exact) mass is 508 g/mol. The van der Waals surface area contributed by atoms with E-state index in [1.807, 2.05) is 0 Å². The summed E-state index contributed by atoms with van der Waals surface area (Å²) in [6, 6.07) is 0. The van der Waals surface area contributed by atoms with Crippen LogP contribution < -0.4 is 0 Å². The van der Waals surface area contributed by atoms with Crippen molar-refractivity contribution in [3.8, 4) is 0 Å². The lowest BCUT2D eigenvalue weighted by Crippen LogP contribution is -2.67. The molecule has 0 aromatic rings. The topological polar surface area (TPSA) is 146 Å². The molecule has 200 valence electrons. The number of carbonyl (C=O) groups excluding carboxylic acids is 4. The van der Waals surface area contributed by atoms with Gasteiger partial charge in [-0.25, -0.2) is 19.2 Å². The summed E-state index contributed by atoms with van der Waals surface area (Å²) in [6.45, 7) is 12.3. The summed E-state index contributed by atoms with van der Waals surface area (Å²) < 4.78 is 21.7. The first-order valence-electron chi connectivity index (χ1n) is 11.6. The number of rotatable bonds is 8. The van der Waals surface area contributed by atoms with Crippen LogP contribution in [0.15, 0.2) is 46.6 Å². The number of aliphatic hydroxyl groups excluding tert-OH is 2. The van der Waals surface area contributed by atoms with Crippen molar-refractivity contribution in [1.82, 2.24) is 0 Å². The first-order valence-corrected chi connectivity index (χ1v) is 11.6. The molecule has 10 heteroatoms. The summed E-state index contributed by atoms with van der Waals surface area (Å²) >= 11 is 0. The van der Waals surface area contributed by atoms with Crippen molar-refractivity contribution in [1.29, 1.82) is 0 Å². The molecule has 0 heterocycles. The summed E-state index contributed by atoms with van der Waals surface area (Å²) in [5, 5.41) is 22.2. The highest BCUT2D eigenvalue weighted by Gasteiger charge is 2.57. The molecule has 36 heavy (non-hydrogen) atoms. The maximum atomic E-state index is 12.6. The Bertz CT molecular complexity index is 925. The molecule has 0 unspecified atom stereocenters. The van der Waals surface area contributed by atoms with Crippen molar-refractivity contribution in [2.24, 2.45) is 0 Å². The van der Waals surface area contributed by atoms with Gasteiger partial charge >= 0.3 is 23.9 Å². The fourth-order valence-electron chi connectivity index (χ4n) is 3.04. The van der Waals surface area contributed by atoms with Crippen LogP contribution in [0.5, 0.6) is 0 Å². The van der Waals surface area contributed by atoms with Crippen LogP contribution in [0.3, 0.4) is 0 Å². The van der Waals surface area contributed by atoms with E-state index in [2.05, 4.69) is 0 Å². The van der Waals surface area contributed by atoms with E-state index < -0.39 is 60.5 Å². The van der Waals surface area contributed by atoms with Crippen molar-refractivity contribution in [3.63, 3.8) is 0 Å². The second kappa shape index (κ2) is 13.7. The van der Waals surface area contributed by atoms with Gasteiger partial charge in [0.1, 0.15) is 12.2 Å². The average Bonchev–Trinajstić information content (AvgIpc) is 2.87. The van der Waals surface area contributed by atoms with Crippen molar-refractivity contribution in [2.75, 3.05) is 0 Å². The molecule has 0 saturated heterocycles. The third kappa shape index (κ3) is 7.38. The molecule has 10 nitrogen and oxygen atoms in total. The Kier molecular flexibility index (Phi) is 11.8. The summed E-state index contributed by atoms with van der Waals surface area (Å²) in [5.74, 6) is -3.42. The Balaban J connectivity index is 3.63. The second-order valence-corrected chi connectivity index (χ2v) is 8.35. The third-order valence-corrected chi connectivity index (χ3v) is 5.99. The lowest BCUT2D eigenvalue weighted by Gasteiger charge is -2.45. The van der Waals surface area contributed by atoms with Gasteiger partial charge in [0, 0.05) is 22.3 Å². The highest BCUT2D eigenvalue weighted by molar-refractivity contribution is 5.90. The Morgan fingerprint density at radius 2 is 0.694 bits per heavy atom. The Morgan fingerprint density at radius 3 is 0.944 bits per heavy atom. The van der Waals surface area contributed by atoms with Crippen LogP contribution in [0.2, 0.25) is 0 Å². The van der Waals surface area contributed by atoms with Crippen molar-refractivity contribution in [3.05, 3.63) is 46.6 Å². The van der Waals surface area contributed by atoms with Gasteiger partial charge in [-0.2, -0.15) is 0 Å². The summed E-state index contributed by atoms with van der Waals surface area (Å²) in [6.07, 6.45) is -4.41. The fourth-order valence-corrected chi connectivity index (χ4v) is 3.04. The molecule has 4 atom stereocenters. The molecule has 1 aliphatic rings. The smallest absolute Gasteiger partial charge is 0.333 e. The molecule has 2 N–H and O–H groups in total. The normalized spacial score (nSPS) is 27.7. The van der Waals surface area contributed by atoms with Crippen LogP contribution in [-0.4, -0.2) is 70.7 Å². The minimum Gasteiger partial charge on any atom is -0.453 e. The number of ether oxygens (including phenoxy) is 4. The van der Waals surface area contributed by atoms with Crippen molar-refractivity contribution < 1.29 is 48.3 Å². The standard InChI is InChI=1S/C26H36O10/c1-9-13(5)23(29)33-19-17(27)20(34-24(30)14(6)10-2)22(36-26(32)16(8)12-4)21(18(19)28)35-25(31)15(7)11-3/h9-12,17-22,27-28H,1-8H3/b13-9-,14-10-,15-11-,16-12-/t17-,18-,19?,20+,21+,22?/m0/s1. The zero-order valence-electron chi connectivity index (χ0n) is 21.9. The Labute approximate surface area is 211 Å². The molecule has 0 aliphatic heterocycles. The SMILES string of the molecule is C/C=C(/C)C(=O)OC1[C@H](O)[C@@H](OC(=O)/C(C)=C\C)C(OC(=O)/C(C)=C\C)[C@H](OC(=O)/C(C)=C\C)[C@H]1O. The van der Waals surface area contributed by atoms with Crippen molar-refractivity contribution >= 4 is 23.9 Å². The van der Waals surface area contributed by atoms with E-state index in [-0.39, 0.29) is 22.3 Å². The highest BCUT2D eigenvalue weighted by atomic mass is 16.6. The Morgan fingerprint density at radius 1 is 0.472 bits per heavy atom. The maximum absolute atomic E-state index is 12.6. The molecule has 0 spiro atoms. The molecule has 1 aliphatic carbocycles. The molecule has 0 amide bonds. The third-order valence-electron chi connectivity index (χ3n) is 5.99. The van der Waals surface area contributed by atoms with E-state index in [0.29, 0.717) is 0 Å². The van der Waals surface area contributed by atoms with Gasteiger partial charge < -0.3 is 29.2 Å². The molecule has 1 saturated carbocycles. The van der Waals surface area contributed by atoms with E-state index in [1.165, 1.54) is 52.0 Å². The van der Waals surface area contributed by atoms with Crippen LogP contribution in [-0.2, 0) is 38.1 Å². The van der Waals surface area contributed by atoms with Gasteiger partial charge in [-0.15, -0.1) is 0 Å². The quantitative estimate of drug-likeness (QED) is 0.284. The predicted molar refractivity (Wildman–Crippen MR) is 129 cm³/mol. The lowest BCUT2D eigenvalue weighted by molar-refractivity contribution is -0.249. The van der Waals surface area contributed by atoms with Gasteiger partial charge in [0.05, 0.1) is 0 Å². The summed E-state index contributed by atoms with van der Waals surface area (Å²) in [5.41, 5.74) is 0.725. The van der Waals surface area contributed by atoms with Crippen LogP contribution in [0.1, 0.15) is 55.4 Å². The number of carbonyl (C=O) groups is 4.